The van der Waals surface area contributed by atoms with E-state index in [9.17, 15) is 29.3 Å². The van der Waals surface area contributed by atoms with Gasteiger partial charge in [-0.15, -0.1) is 0 Å². The number of carbonyl (C=O) groups is 4. The van der Waals surface area contributed by atoms with Crippen molar-refractivity contribution in [3.8, 4) is 0 Å². The van der Waals surface area contributed by atoms with Crippen molar-refractivity contribution in [2.75, 3.05) is 0 Å². The van der Waals surface area contributed by atoms with Crippen LogP contribution in [0.15, 0.2) is 54.6 Å². The molecule has 3 amide bonds. The molecule has 0 radical (unpaired) electrons. The lowest BCUT2D eigenvalue weighted by Crippen LogP contribution is -2.57. The van der Waals surface area contributed by atoms with Crippen LogP contribution in [0.1, 0.15) is 46.9 Å². The third-order valence-electron chi connectivity index (χ3n) is 6.68. The Morgan fingerprint density at radius 1 is 0.972 bits per heavy atom. The van der Waals surface area contributed by atoms with Crippen molar-refractivity contribution in [3.63, 3.8) is 0 Å². The number of fused-ring (bicyclic) bond motifs is 1. The molecule has 2 aromatic carbocycles. The molecule has 36 heavy (non-hydrogen) atoms. The number of alkyl halides is 2. The number of nitro benzene ring substituents is 1. The maximum Gasteiger partial charge on any atom is 0.273 e. The number of imide groups is 1. The van der Waals surface area contributed by atoms with Crippen LogP contribution >= 0.6 is 31.9 Å². The number of hydrogen-bond acceptors (Lipinski definition) is 6. The summed E-state index contributed by atoms with van der Waals surface area (Å²) >= 11 is 7.11. The first-order valence-corrected chi connectivity index (χ1v) is 13.3. The quantitative estimate of drug-likeness (QED) is 0.147. The minimum absolute atomic E-state index is 0.0205. The van der Waals surface area contributed by atoms with Crippen molar-refractivity contribution < 1.29 is 24.1 Å². The van der Waals surface area contributed by atoms with Crippen molar-refractivity contribution in [1.29, 1.82) is 0 Å². The Bertz CT molecular complexity index is 1180. The van der Waals surface area contributed by atoms with Crippen LogP contribution in [0, 0.1) is 22.0 Å². The number of hydrazine groups is 1. The molecule has 0 spiro atoms. The number of carbonyl (C=O) groups excluding carboxylic acids is 4. The first-order chi connectivity index (χ1) is 17.1. The minimum atomic E-state index is -1.14. The monoisotopic (exact) mass is 619 g/mol. The van der Waals surface area contributed by atoms with Crippen LogP contribution in [0.25, 0.3) is 0 Å². The van der Waals surface area contributed by atoms with Gasteiger partial charge in [0.25, 0.3) is 23.4 Å². The van der Waals surface area contributed by atoms with E-state index in [1.807, 2.05) is 0 Å². The van der Waals surface area contributed by atoms with Crippen molar-refractivity contribution in [1.82, 2.24) is 10.0 Å². The molecule has 1 saturated carbocycles. The molecule has 1 saturated heterocycles. The number of benzene rings is 2. The van der Waals surface area contributed by atoms with Gasteiger partial charge in [-0.2, -0.15) is 5.01 Å². The molecule has 0 aromatic heterocycles. The van der Waals surface area contributed by atoms with E-state index in [1.165, 1.54) is 24.3 Å². The molecule has 2 fully saturated rings. The van der Waals surface area contributed by atoms with Crippen LogP contribution < -0.4 is 0 Å². The zero-order valence-electron chi connectivity index (χ0n) is 19.3. The van der Waals surface area contributed by atoms with E-state index in [4.69, 9.17) is 0 Å². The number of nitro groups is 1. The lowest BCUT2D eigenvalue weighted by molar-refractivity contribution is -0.384. The topological polar surface area (TPSA) is 118 Å². The molecule has 0 unspecified atom stereocenters. The number of rotatable bonds is 7. The summed E-state index contributed by atoms with van der Waals surface area (Å²) in [5.74, 6) is -3.46. The summed E-state index contributed by atoms with van der Waals surface area (Å²) in [4.78, 5) is 64.9. The van der Waals surface area contributed by atoms with Gasteiger partial charge in [0.1, 0.15) is 6.04 Å². The molecule has 2 aliphatic rings. The SMILES string of the molecule is CC[C@H](C(=O)c1ccccc1)N(C(=O)c1ccc([N+](=O)[O-])cc1)N1C(=O)[C@H]2C[C@@H](Br)[C@@H](Br)C[C@H]2C1=O. The van der Waals surface area contributed by atoms with E-state index >= 15 is 0 Å². The van der Waals surface area contributed by atoms with Crippen LogP contribution in [0.5, 0.6) is 0 Å². The minimum Gasteiger partial charge on any atom is -0.292 e. The Morgan fingerprint density at radius 3 is 1.97 bits per heavy atom. The van der Waals surface area contributed by atoms with Crippen molar-refractivity contribution in [2.45, 2.75) is 41.9 Å². The number of ketones is 1. The number of non-ortho nitro benzene ring substituents is 1. The van der Waals surface area contributed by atoms with Crippen LogP contribution in [-0.2, 0) is 9.59 Å². The van der Waals surface area contributed by atoms with Gasteiger partial charge in [-0.3, -0.25) is 29.3 Å². The summed E-state index contributed by atoms with van der Waals surface area (Å²) in [5.41, 5.74) is 0.145. The molecule has 5 atom stereocenters. The predicted molar refractivity (Wildman–Crippen MR) is 138 cm³/mol. The first-order valence-electron chi connectivity index (χ1n) is 11.5. The predicted octanol–water partition coefficient (Wildman–Crippen LogP) is 4.54. The Balaban J connectivity index is 1.78. The van der Waals surface area contributed by atoms with Gasteiger partial charge < -0.3 is 0 Å². The third-order valence-corrected chi connectivity index (χ3v) is 9.41. The van der Waals surface area contributed by atoms with Crippen LogP contribution in [0.3, 0.4) is 0 Å². The standard InChI is InChI=1S/C25H23Br2N3O6/c1-2-21(22(31)14-6-4-3-5-7-14)28(23(32)15-8-10-16(11-9-15)30(35)36)29-24(33)17-12-19(26)20(27)13-18(17)25(29)34/h3-11,17-21H,2,12-13H2,1H3/t17-,18+,19+,20-,21-/m1/s1. The summed E-state index contributed by atoms with van der Waals surface area (Å²) in [6, 6.07) is 12.1. The molecule has 188 valence electrons. The largest absolute Gasteiger partial charge is 0.292 e. The molecule has 0 bridgehead atoms. The average molecular weight is 621 g/mol. The highest BCUT2D eigenvalue weighted by Gasteiger charge is 2.56. The maximum atomic E-state index is 13.8. The second-order valence-electron chi connectivity index (χ2n) is 8.81. The van der Waals surface area contributed by atoms with E-state index in [2.05, 4.69) is 31.9 Å². The van der Waals surface area contributed by atoms with Gasteiger partial charge in [-0.05, 0) is 31.4 Å². The number of halogens is 2. The van der Waals surface area contributed by atoms with E-state index < -0.39 is 46.3 Å². The van der Waals surface area contributed by atoms with Gasteiger partial charge in [0, 0.05) is 32.9 Å². The molecule has 1 heterocycles. The highest BCUT2D eigenvalue weighted by molar-refractivity contribution is 9.12. The first kappa shape index (κ1) is 26.2. The van der Waals surface area contributed by atoms with Crippen molar-refractivity contribution >= 4 is 61.1 Å². The number of hydrogen-bond donors (Lipinski definition) is 0. The second kappa shape index (κ2) is 10.6. The van der Waals surface area contributed by atoms with Crippen LogP contribution in [0.4, 0.5) is 5.69 Å². The summed E-state index contributed by atoms with van der Waals surface area (Å²) in [6.45, 7) is 1.70. The molecular weight excluding hydrogens is 598 g/mol. The molecule has 2 aromatic rings. The zero-order valence-corrected chi connectivity index (χ0v) is 22.4. The van der Waals surface area contributed by atoms with Crippen molar-refractivity contribution in [2.24, 2.45) is 11.8 Å². The molecule has 11 heteroatoms. The molecule has 0 N–H and O–H groups in total. The fourth-order valence-electron chi connectivity index (χ4n) is 4.78. The summed E-state index contributed by atoms with van der Waals surface area (Å²) in [5, 5.41) is 12.9. The highest BCUT2D eigenvalue weighted by Crippen LogP contribution is 2.44. The van der Waals surface area contributed by atoms with E-state index in [0.717, 1.165) is 10.0 Å². The van der Waals surface area contributed by atoms with E-state index in [1.54, 1.807) is 37.3 Å². The summed E-state index contributed by atoms with van der Waals surface area (Å²) in [7, 11) is 0. The van der Waals surface area contributed by atoms with Gasteiger partial charge in [-0.25, -0.2) is 5.01 Å². The Morgan fingerprint density at radius 2 is 1.50 bits per heavy atom. The van der Waals surface area contributed by atoms with Gasteiger partial charge >= 0.3 is 0 Å². The van der Waals surface area contributed by atoms with Gasteiger partial charge in [0.05, 0.1) is 16.8 Å². The molecular formula is C25H23Br2N3O6. The Labute approximate surface area is 224 Å². The average Bonchev–Trinajstić information content (AvgIpc) is 3.11. The van der Waals surface area contributed by atoms with Gasteiger partial charge in [-0.1, -0.05) is 69.1 Å². The van der Waals surface area contributed by atoms with Crippen LogP contribution in [-0.4, -0.2) is 54.1 Å². The highest BCUT2D eigenvalue weighted by atomic mass is 79.9. The number of Topliss-reactive ketones (excluding diaryl/α,β-unsaturated/α-hetero) is 1. The molecule has 9 nitrogen and oxygen atoms in total. The number of nitrogens with zero attached hydrogens (tertiary/aromatic N) is 3. The Kier molecular flexibility index (Phi) is 7.70. The van der Waals surface area contributed by atoms with E-state index in [-0.39, 0.29) is 27.3 Å². The second-order valence-corrected chi connectivity index (χ2v) is 11.2. The molecule has 4 rings (SSSR count). The lowest BCUT2D eigenvalue weighted by atomic mass is 9.81. The van der Waals surface area contributed by atoms with Gasteiger partial charge in [0.15, 0.2) is 5.78 Å². The fraction of sp³-hybridized carbons (Fsp3) is 0.360. The zero-order chi connectivity index (χ0) is 26.1. The van der Waals surface area contributed by atoms with Gasteiger partial charge in [0.2, 0.25) is 0 Å². The normalized spacial score (nSPS) is 24.2. The number of amides is 3. The molecule has 1 aliphatic carbocycles. The maximum absolute atomic E-state index is 13.8. The molecule has 1 aliphatic heterocycles. The third kappa shape index (κ3) is 4.73. The lowest BCUT2D eigenvalue weighted by Gasteiger charge is -2.36. The smallest absolute Gasteiger partial charge is 0.273 e. The summed E-state index contributed by atoms with van der Waals surface area (Å²) in [6.07, 6.45) is 0.955. The van der Waals surface area contributed by atoms with E-state index in [0.29, 0.717) is 18.4 Å². The summed E-state index contributed by atoms with van der Waals surface area (Å²) < 4.78 is 0. The van der Waals surface area contributed by atoms with Crippen molar-refractivity contribution in [3.05, 3.63) is 75.8 Å². The fourth-order valence-corrected chi connectivity index (χ4v) is 6.02. The van der Waals surface area contributed by atoms with Crippen LogP contribution in [0.2, 0.25) is 0 Å². The Hall–Kier alpha value is -2.92.